The van der Waals surface area contributed by atoms with Gasteiger partial charge in [-0.3, -0.25) is 4.99 Å². The minimum Gasteiger partial charge on any atom is -0.507 e. The molecule has 0 bridgehead atoms. The van der Waals surface area contributed by atoms with Crippen molar-refractivity contribution >= 4 is 22.7 Å². The van der Waals surface area contributed by atoms with Crippen LogP contribution in [0.5, 0.6) is 5.75 Å². The molecule has 0 atom stereocenters. The van der Waals surface area contributed by atoms with E-state index in [-0.39, 0.29) is 5.75 Å². The lowest BCUT2D eigenvalue weighted by Crippen LogP contribution is -1.85. The van der Waals surface area contributed by atoms with Crippen LogP contribution in [0.15, 0.2) is 71.7 Å². The smallest absolute Gasteiger partial charge is 0.124 e. The Bertz CT molecular complexity index is 733. The summed E-state index contributed by atoms with van der Waals surface area (Å²) in [5.41, 5.74) is 1.62. The van der Waals surface area contributed by atoms with E-state index in [1.165, 1.54) is 0 Å². The van der Waals surface area contributed by atoms with Gasteiger partial charge in [0, 0.05) is 11.8 Å². The second kappa shape index (κ2) is 7.25. The van der Waals surface area contributed by atoms with Crippen LogP contribution in [0.25, 0.3) is 10.8 Å². The van der Waals surface area contributed by atoms with Crippen LogP contribution in [0, 0.1) is 0 Å². The number of para-hydroxylation sites is 1. The van der Waals surface area contributed by atoms with E-state index in [9.17, 15) is 5.11 Å². The third-order valence-corrected chi connectivity index (χ3v) is 3.05. The highest BCUT2D eigenvalue weighted by Crippen LogP contribution is 2.26. The summed E-state index contributed by atoms with van der Waals surface area (Å²) in [5, 5.41) is 12.1. The van der Waals surface area contributed by atoms with Crippen LogP contribution in [-0.4, -0.2) is 11.3 Å². The maximum atomic E-state index is 10.00. The molecule has 0 saturated carbocycles. The molecule has 0 saturated heterocycles. The van der Waals surface area contributed by atoms with Crippen molar-refractivity contribution < 1.29 is 5.11 Å². The number of aromatic hydroxyl groups is 1. The standard InChI is InChI=1S/C17H13NO.C2H6/c19-17-11-10-13-6-4-5-9-15(13)16(17)12-18-14-7-2-1-3-8-14;1-2/h1-12,19H;1-2H3. The van der Waals surface area contributed by atoms with Crippen molar-refractivity contribution in [1.29, 1.82) is 0 Å². The molecule has 1 N–H and O–H groups in total. The SMILES string of the molecule is CC.Oc1ccc2ccccc2c1C=Nc1ccccc1. The maximum absolute atomic E-state index is 10.00. The molecule has 21 heavy (non-hydrogen) atoms. The van der Waals surface area contributed by atoms with E-state index in [2.05, 4.69) is 4.99 Å². The van der Waals surface area contributed by atoms with E-state index in [0.29, 0.717) is 0 Å². The Morgan fingerprint density at radius 3 is 2.24 bits per heavy atom. The van der Waals surface area contributed by atoms with Crippen molar-refractivity contribution in [3.05, 3.63) is 72.3 Å². The van der Waals surface area contributed by atoms with Crippen LogP contribution < -0.4 is 0 Å². The molecule has 3 aromatic carbocycles. The van der Waals surface area contributed by atoms with E-state index in [4.69, 9.17) is 0 Å². The van der Waals surface area contributed by atoms with E-state index in [1.54, 1.807) is 12.3 Å². The number of phenols is 1. The van der Waals surface area contributed by atoms with Gasteiger partial charge in [0.2, 0.25) is 0 Å². The van der Waals surface area contributed by atoms with E-state index >= 15 is 0 Å². The first-order valence-electron chi connectivity index (χ1n) is 7.14. The predicted molar refractivity (Wildman–Crippen MR) is 90.7 cm³/mol. The van der Waals surface area contributed by atoms with Gasteiger partial charge in [-0.25, -0.2) is 0 Å². The molecular weight excluding hydrogens is 258 g/mol. The number of aliphatic imine (C=N–C) groups is 1. The van der Waals surface area contributed by atoms with Crippen LogP contribution in [0.4, 0.5) is 5.69 Å². The third kappa shape index (κ3) is 3.48. The zero-order chi connectivity index (χ0) is 15.1. The Balaban J connectivity index is 0.000000774. The van der Waals surface area contributed by atoms with Gasteiger partial charge >= 0.3 is 0 Å². The fraction of sp³-hybridized carbons (Fsp3) is 0.105. The monoisotopic (exact) mass is 277 g/mol. The fourth-order valence-electron chi connectivity index (χ4n) is 2.07. The molecule has 0 aliphatic rings. The number of fused-ring (bicyclic) bond motifs is 1. The number of hydrogen-bond donors (Lipinski definition) is 1. The average Bonchev–Trinajstić information content (AvgIpc) is 2.57. The van der Waals surface area contributed by atoms with Crippen LogP contribution in [0.3, 0.4) is 0 Å². The van der Waals surface area contributed by atoms with Gasteiger partial charge in [-0.2, -0.15) is 0 Å². The Labute approximate surface area is 125 Å². The highest BCUT2D eigenvalue weighted by molar-refractivity contribution is 6.02. The molecule has 0 radical (unpaired) electrons. The van der Waals surface area contributed by atoms with Gasteiger partial charge in [-0.15, -0.1) is 0 Å². The van der Waals surface area contributed by atoms with Crippen molar-refractivity contribution in [2.75, 3.05) is 0 Å². The number of hydrogen-bond acceptors (Lipinski definition) is 2. The third-order valence-electron chi connectivity index (χ3n) is 3.05. The van der Waals surface area contributed by atoms with Crippen molar-refractivity contribution in [2.24, 2.45) is 4.99 Å². The van der Waals surface area contributed by atoms with E-state index in [0.717, 1.165) is 22.0 Å². The first-order valence-corrected chi connectivity index (χ1v) is 7.14. The van der Waals surface area contributed by atoms with Gasteiger partial charge in [0.15, 0.2) is 0 Å². The highest BCUT2D eigenvalue weighted by atomic mass is 16.3. The Morgan fingerprint density at radius 2 is 1.48 bits per heavy atom. The second-order valence-electron chi connectivity index (χ2n) is 4.31. The van der Waals surface area contributed by atoms with Gasteiger partial charge in [-0.1, -0.05) is 62.4 Å². The summed E-state index contributed by atoms with van der Waals surface area (Å²) < 4.78 is 0. The predicted octanol–water partition coefficient (Wildman–Crippen LogP) is 5.32. The summed E-state index contributed by atoms with van der Waals surface area (Å²) >= 11 is 0. The summed E-state index contributed by atoms with van der Waals surface area (Å²) in [7, 11) is 0. The number of benzene rings is 3. The van der Waals surface area contributed by atoms with Gasteiger partial charge in [-0.05, 0) is 29.0 Å². The highest BCUT2D eigenvalue weighted by Gasteiger charge is 2.03. The van der Waals surface area contributed by atoms with Crippen molar-refractivity contribution in [3.8, 4) is 5.75 Å². The molecule has 0 fully saturated rings. The lowest BCUT2D eigenvalue weighted by molar-refractivity contribution is 0.475. The van der Waals surface area contributed by atoms with Gasteiger partial charge in [0.1, 0.15) is 5.75 Å². The minimum absolute atomic E-state index is 0.249. The van der Waals surface area contributed by atoms with Crippen molar-refractivity contribution in [3.63, 3.8) is 0 Å². The molecule has 0 heterocycles. The van der Waals surface area contributed by atoms with Crippen LogP contribution in [-0.2, 0) is 0 Å². The molecule has 0 unspecified atom stereocenters. The maximum Gasteiger partial charge on any atom is 0.124 e. The van der Waals surface area contributed by atoms with Gasteiger partial charge in [0.05, 0.1) is 5.69 Å². The molecule has 0 aliphatic carbocycles. The topological polar surface area (TPSA) is 32.6 Å². The Hall–Kier alpha value is -2.61. The molecule has 3 aromatic rings. The van der Waals surface area contributed by atoms with Gasteiger partial charge < -0.3 is 5.11 Å². The molecule has 0 amide bonds. The number of rotatable bonds is 2. The fourth-order valence-corrected chi connectivity index (χ4v) is 2.07. The lowest BCUT2D eigenvalue weighted by atomic mass is 10.0. The van der Waals surface area contributed by atoms with Gasteiger partial charge in [0.25, 0.3) is 0 Å². The zero-order valence-corrected chi connectivity index (χ0v) is 12.3. The molecule has 0 aromatic heterocycles. The lowest BCUT2D eigenvalue weighted by Gasteiger charge is -2.04. The van der Waals surface area contributed by atoms with Crippen LogP contribution >= 0.6 is 0 Å². The van der Waals surface area contributed by atoms with Crippen molar-refractivity contribution in [1.82, 2.24) is 0 Å². The summed E-state index contributed by atoms with van der Waals surface area (Å²) in [5.74, 6) is 0.249. The minimum atomic E-state index is 0.249. The second-order valence-corrected chi connectivity index (χ2v) is 4.31. The molecule has 0 aliphatic heterocycles. The van der Waals surface area contributed by atoms with E-state index < -0.39 is 0 Å². The summed E-state index contributed by atoms with van der Waals surface area (Å²) in [6.45, 7) is 4.00. The quantitative estimate of drug-likeness (QED) is 0.631. The summed E-state index contributed by atoms with van der Waals surface area (Å²) in [6, 6.07) is 21.3. The first-order chi connectivity index (χ1) is 10.3. The summed E-state index contributed by atoms with van der Waals surface area (Å²) in [6.07, 6.45) is 1.72. The first kappa shape index (κ1) is 14.8. The van der Waals surface area contributed by atoms with Crippen LogP contribution in [0.2, 0.25) is 0 Å². The number of phenolic OH excluding ortho intramolecular Hbond substituents is 1. The normalized spacial score (nSPS) is 10.4. The Kier molecular flexibility index (Phi) is 5.10. The van der Waals surface area contributed by atoms with Crippen LogP contribution in [0.1, 0.15) is 19.4 Å². The molecule has 2 nitrogen and oxygen atoms in total. The largest absolute Gasteiger partial charge is 0.507 e. The molecule has 3 rings (SSSR count). The van der Waals surface area contributed by atoms with E-state index in [1.807, 2.05) is 74.5 Å². The average molecular weight is 277 g/mol. The number of nitrogens with zero attached hydrogens (tertiary/aromatic N) is 1. The summed E-state index contributed by atoms with van der Waals surface area (Å²) in [4.78, 5) is 4.40. The zero-order valence-electron chi connectivity index (χ0n) is 12.3. The molecular formula is C19H19NO. The molecule has 2 heteroatoms. The molecule has 106 valence electrons. The molecule has 0 spiro atoms. The Morgan fingerprint density at radius 1 is 0.810 bits per heavy atom. The van der Waals surface area contributed by atoms with Crippen molar-refractivity contribution in [2.45, 2.75) is 13.8 Å².